The van der Waals surface area contributed by atoms with Gasteiger partial charge in [0.2, 0.25) is 0 Å². The molecule has 7 heteroatoms. The maximum atomic E-state index is 13.2. The van der Waals surface area contributed by atoms with Gasteiger partial charge in [0.05, 0.1) is 0 Å². The summed E-state index contributed by atoms with van der Waals surface area (Å²) >= 11 is 0. The van der Waals surface area contributed by atoms with Crippen molar-refractivity contribution in [3.8, 4) is 5.75 Å². The minimum Gasteiger partial charge on any atom is -0.430 e. The molecule has 140 valence electrons. The Morgan fingerprint density at radius 2 is 1.31 bits per heavy atom. The lowest BCUT2D eigenvalue weighted by Crippen LogP contribution is -2.45. The standard InChI is InChI=1S/C19H16F6O/c1-2-13-3-5-14(6-4-13)7-8-15-9-11-16(12-10-15)26-19(24,25)17(20)18(21,22)23/h3-12,17H,2H2,1H3/b8-7+. The average Bonchev–Trinajstić information content (AvgIpc) is 2.60. The molecule has 0 saturated carbocycles. The second-order valence-corrected chi connectivity index (χ2v) is 5.57. The Morgan fingerprint density at radius 3 is 1.73 bits per heavy atom. The fraction of sp³-hybridized carbons (Fsp3) is 0.263. The summed E-state index contributed by atoms with van der Waals surface area (Å²) in [4.78, 5) is 0. The number of hydrogen-bond acceptors (Lipinski definition) is 1. The molecule has 1 atom stereocenters. The van der Waals surface area contributed by atoms with Crippen molar-refractivity contribution in [1.29, 1.82) is 0 Å². The molecule has 0 fully saturated rings. The summed E-state index contributed by atoms with van der Waals surface area (Å²) in [6, 6.07) is 12.7. The number of alkyl halides is 6. The van der Waals surface area contributed by atoms with E-state index < -0.39 is 24.2 Å². The fourth-order valence-electron chi connectivity index (χ4n) is 2.10. The first-order chi connectivity index (χ1) is 12.1. The van der Waals surface area contributed by atoms with Gasteiger partial charge in [0.1, 0.15) is 5.75 Å². The fourth-order valence-corrected chi connectivity index (χ4v) is 2.10. The zero-order valence-electron chi connectivity index (χ0n) is 13.7. The summed E-state index contributed by atoms with van der Waals surface area (Å²) in [5.41, 5.74) is 2.74. The van der Waals surface area contributed by atoms with Gasteiger partial charge >= 0.3 is 12.3 Å². The molecule has 0 radical (unpaired) electrons. The molecule has 0 amide bonds. The van der Waals surface area contributed by atoms with Gasteiger partial charge in [-0.25, -0.2) is 4.39 Å². The van der Waals surface area contributed by atoms with E-state index in [1.807, 2.05) is 31.2 Å². The zero-order valence-corrected chi connectivity index (χ0v) is 13.7. The predicted octanol–water partition coefficient (Wildman–Crippen LogP) is 6.29. The lowest BCUT2D eigenvalue weighted by Gasteiger charge is -2.23. The second-order valence-electron chi connectivity index (χ2n) is 5.57. The molecule has 0 aromatic heterocycles. The normalized spacial score (nSPS) is 13.8. The first kappa shape index (κ1) is 19.9. The van der Waals surface area contributed by atoms with Crippen LogP contribution in [0.3, 0.4) is 0 Å². The Balaban J connectivity index is 2.04. The number of aryl methyl sites for hydroxylation is 1. The van der Waals surface area contributed by atoms with Gasteiger partial charge in [0.15, 0.2) is 0 Å². The van der Waals surface area contributed by atoms with Gasteiger partial charge in [-0.05, 0) is 35.2 Å². The van der Waals surface area contributed by atoms with E-state index in [4.69, 9.17) is 0 Å². The Bertz CT molecular complexity index is 732. The van der Waals surface area contributed by atoms with E-state index in [0.29, 0.717) is 5.56 Å². The van der Waals surface area contributed by atoms with Gasteiger partial charge in [0.25, 0.3) is 6.17 Å². The number of rotatable bonds is 6. The van der Waals surface area contributed by atoms with Crippen molar-refractivity contribution in [2.75, 3.05) is 0 Å². The summed E-state index contributed by atoms with van der Waals surface area (Å²) < 4.78 is 79.3. The molecular weight excluding hydrogens is 358 g/mol. The SMILES string of the molecule is CCc1ccc(/C=C/c2ccc(OC(F)(F)C(F)C(F)(F)F)cc2)cc1. The van der Waals surface area contributed by atoms with Crippen molar-refractivity contribution in [3.05, 3.63) is 65.2 Å². The number of benzene rings is 2. The third-order valence-corrected chi connectivity index (χ3v) is 3.57. The van der Waals surface area contributed by atoms with E-state index >= 15 is 0 Å². The van der Waals surface area contributed by atoms with Crippen LogP contribution in [0.2, 0.25) is 0 Å². The molecule has 2 rings (SSSR count). The quantitative estimate of drug-likeness (QED) is 0.426. The van der Waals surface area contributed by atoms with E-state index in [1.165, 1.54) is 17.7 Å². The average molecular weight is 374 g/mol. The van der Waals surface area contributed by atoms with E-state index in [9.17, 15) is 26.3 Å². The first-order valence-electron chi connectivity index (χ1n) is 7.76. The number of halogens is 6. The Hall–Kier alpha value is -2.44. The summed E-state index contributed by atoms with van der Waals surface area (Å²) in [5, 5.41) is 0. The van der Waals surface area contributed by atoms with Crippen molar-refractivity contribution >= 4 is 12.2 Å². The van der Waals surface area contributed by atoms with Crippen LogP contribution in [0.4, 0.5) is 26.3 Å². The van der Waals surface area contributed by atoms with Crippen LogP contribution in [0, 0.1) is 0 Å². The first-order valence-corrected chi connectivity index (χ1v) is 7.76. The van der Waals surface area contributed by atoms with E-state index in [1.54, 1.807) is 12.2 Å². The smallest absolute Gasteiger partial charge is 0.430 e. The van der Waals surface area contributed by atoms with E-state index in [2.05, 4.69) is 4.74 Å². The van der Waals surface area contributed by atoms with Crippen molar-refractivity contribution in [1.82, 2.24) is 0 Å². The molecule has 0 N–H and O–H groups in total. The largest absolute Gasteiger partial charge is 0.439 e. The van der Waals surface area contributed by atoms with Crippen LogP contribution in [-0.2, 0) is 6.42 Å². The van der Waals surface area contributed by atoms with Gasteiger partial charge in [-0.1, -0.05) is 55.5 Å². The summed E-state index contributed by atoms with van der Waals surface area (Å²) in [6.45, 7) is 2.04. The third kappa shape index (κ3) is 5.28. The van der Waals surface area contributed by atoms with Gasteiger partial charge in [-0.15, -0.1) is 0 Å². The molecule has 0 heterocycles. The summed E-state index contributed by atoms with van der Waals surface area (Å²) in [6.07, 6.45) is -10.7. The lowest BCUT2D eigenvalue weighted by atomic mass is 10.1. The van der Waals surface area contributed by atoms with E-state index in [0.717, 1.165) is 24.1 Å². The highest BCUT2D eigenvalue weighted by atomic mass is 19.4. The van der Waals surface area contributed by atoms with Crippen LogP contribution in [-0.4, -0.2) is 18.5 Å². The number of hydrogen-bond donors (Lipinski definition) is 0. The topological polar surface area (TPSA) is 9.23 Å². The molecule has 1 nitrogen and oxygen atoms in total. The highest BCUT2D eigenvalue weighted by Crippen LogP contribution is 2.36. The van der Waals surface area contributed by atoms with Gasteiger partial charge in [0, 0.05) is 0 Å². The summed E-state index contributed by atoms with van der Waals surface area (Å²) in [7, 11) is 0. The monoisotopic (exact) mass is 374 g/mol. The van der Waals surface area contributed by atoms with Crippen LogP contribution in [0.25, 0.3) is 12.2 Å². The summed E-state index contributed by atoms with van der Waals surface area (Å²) in [5.74, 6) is -0.564. The third-order valence-electron chi connectivity index (χ3n) is 3.57. The van der Waals surface area contributed by atoms with Gasteiger partial charge < -0.3 is 4.74 Å². The minimum absolute atomic E-state index is 0.564. The Kier molecular flexibility index (Phi) is 6.00. The molecule has 0 spiro atoms. The zero-order chi connectivity index (χ0) is 19.4. The van der Waals surface area contributed by atoms with Gasteiger partial charge in [-0.3, -0.25) is 0 Å². The van der Waals surface area contributed by atoms with Crippen molar-refractivity contribution in [2.45, 2.75) is 31.8 Å². The molecule has 0 aliphatic carbocycles. The van der Waals surface area contributed by atoms with Crippen molar-refractivity contribution in [3.63, 3.8) is 0 Å². The lowest BCUT2D eigenvalue weighted by molar-refractivity contribution is -0.304. The van der Waals surface area contributed by atoms with Crippen LogP contribution < -0.4 is 4.74 Å². The molecule has 2 aromatic carbocycles. The van der Waals surface area contributed by atoms with Crippen LogP contribution in [0.5, 0.6) is 5.75 Å². The van der Waals surface area contributed by atoms with Crippen LogP contribution in [0.15, 0.2) is 48.5 Å². The highest BCUT2D eigenvalue weighted by Gasteiger charge is 2.59. The molecule has 0 aliphatic rings. The molecule has 0 bridgehead atoms. The molecular formula is C19H16F6O. The predicted molar refractivity (Wildman–Crippen MR) is 87.7 cm³/mol. The molecule has 2 aromatic rings. The van der Waals surface area contributed by atoms with Gasteiger partial charge in [-0.2, -0.15) is 22.0 Å². The number of ether oxygens (including phenoxy) is 1. The maximum Gasteiger partial charge on any atom is 0.439 e. The molecule has 26 heavy (non-hydrogen) atoms. The van der Waals surface area contributed by atoms with Crippen molar-refractivity contribution < 1.29 is 31.1 Å². The Labute approximate surface area is 146 Å². The molecule has 1 unspecified atom stereocenters. The highest BCUT2D eigenvalue weighted by molar-refractivity contribution is 5.69. The second kappa shape index (κ2) is 7.85. The Morgan fingerprint density at radius 1 is 0.846 bits per heavy atom. The molecule has 0 aliphatic heterocycles. The molecule has 0 saturated heterocycles. The minimum atomic E-state index is -5.71. The van der Waals surface area contributed by atoms with Crippen LogP contribution in [0.1, 0.15) is 23.6 Å². The van der Waals surface area contributed by atoms with E-state index in [-0.39, 0.29) is 0 Å². The van der Waals surface area contributed by atoms with Crippen LogP contribution >= 0.6 is 0 Å². The van der Waals surface area contributed by atoms with Crippen molar-refractivity contribution in [2.24, 2.45) is 0 Å². The maximum absolute atomic E-state index is 13.2.